The molecule has 0 aromatic heterocycles. The van der Waals surface area contributed by atoms with E-state index in [2.05, 4.69) is 12.1 Å². The number of benzene rings is 2. The first kappa shape index (κ1) is 16.9. The van der Waals surface area contributed by atoms with Gasteiger partial charge in [0.1, 0.15) is 17.3 Å². The molecule has 0 bridgehead atoms. The van der Waals surface area contributed by atoms with Gasteiger partial charge in [-0.1, -0.05) is 30.6 Å². The molecule has 2 aromatic carbocycles. The number of unbranched alkanes of at least 4 members (excludes halogenated alkanes) is 1. The molecule has 0 saturated carbocycles. The van der Waals surface area contributed by atoms with Crippen molar-refractivity contribution in [3.05, 3.63) is 71.0 Å². The molecular formula is C20H18FNO3. The summed E-state index contributed by atoms with van der Waals surface area (Å²) in [5.41, 5.74) is 2.18. The highest BCUT2D eigenvalue weighted by atomic mass is 19.1. The molecule has 0 radical (unpaired) electrons. The molecule has 0 atom stereocenters. The fourth-order valence-corrected chi connectivity index (χ4v) is 2.39. The summed E-state index contributed by atoms with van der Waals surface area (Å²) in [6.45, 7) is 2.80. The molecule has 1 heterocycles. The van der Waals surface area contributed by atoms with Crippen molar-refractivity contribution >= 4 is 17.8 Å². The molecule has 0 fully saturated rings. The Hall–Kier alpha value is -2.95. The molecular weight excluding hydrogens is 321 g/mol. The standard InChI is InChI=1S/C20H18FNO3/c1-2-3-12-24-17-10-4-14(5-11-17)13-18-19(22-25-20(18)23)15-6-8-16(21)9-7-15/h4-11,13H,2-3,12H2,1H3. The first-order valence-electron chi connectivity index (χ1n) is 8.17. The van der Waals surface area contributed by atoms with Gasteiger partial charge in [0.15, 0.2) is 0 Å². The number of carbonyl (C=O) groups excluding carboxylic acids is 1. The van der Waals surface area contributed by atoms with Gasteiger partial charge in [-0.3, -0.25) is 0 Å². The molecule has 1 aliphatic rings. The molecule has 3 rings (SSSR count). The highest BCUT2D eigenvalue weighted by Crippen LogP contribution is 2.22. The van der Waals surface area contributed by atoms with Crippen molar-refractivity contribution in [1.29, 1.82) is 0 Å². The van der Waals surface area contributed by atoms with E-state index >= 15 is 0 Å². The predicted octanol–water partition coefficient (Wildman–Crippen LogP) is 4.35. The second-order valence-corrected chi connectivity index (χ2v) is 5.65. The van der Waals surface area contributed by atoms with Crippen LogP contribution in [0.3, 0.4) is 0 Å². The highest BCUT2D eigenvalue weighted by molar-refractivity contribution is 6.31. The lowest BCUT2D eigenvalue weighted by molar-refractivity contribution is -0.136. The van der Waals surface area contributed by atoms with Crippen LogP contribution in [0.5, 0.6) is 5.75 Å². The minimum absolute atomic E-state index is 0.339. The molecule has 0 N–H and O–H groups in total. The number of hydrogen-bond acceptors (Lipinski definition) is 4. The van der Waals surface area contributed by atoms with Crippen LogP contribution in [0.4, 0.5) is 4.39 Å². The molecule has 128 valence electrons. The van der Waals surface area contributed by atoms with Gasteiger partial charge in [0.25, 0.3) is 0 Å². The van der Waals surface area contributed by atoms with Gasteiger partial charge in [0, 0.05) is 5.56 Å². The summed E-state index contributed by atoms with van der Waals surface area (Å²) >= 11 is 0. The summed E-state index contributed by atoms with van der Waals surface area (Å²) in [4.78, 5) is 16.8. The van der Waals surface area contributed by atoms with E-state index in [1.165, 1.54) is 12.1 Å². The Morgan fingerprint density at radius 1 is 1.12 bits per heavy atom. The van der Waals surface area contributed by atoms with Crippen molar-refractivity contribution in [2.24, 2.45) is 5.16 Å². The Balaban J connectivity index is 1.79. The zero-order valence-corrected chi connectivity index (χ0v) is 13.9. The zero-order valence-electron chi connectivity index (χ0n) is 13.9. The van der Waals surface area contributed by atoms with Gasteiger partial charge in [-0.15, -0.1) is 0 Å². The van der Waals surface area contributed by atoms with Crippen molar-refractivity contribution in [2.45, 2.75) is 19.8 Å². The van der Waals surface area contributed by atoms with Crippen molar-refractivity contribution in [3.8, 4) is 5.75 Å². The Labute approximate surface area is 145 Å². The molecule has 25 heavy (non-hydrogen) atoms. The quantitative estimate of drug-likeness (QED) is 0.447. The molecule has 0 spiro atoms. The fourth-order valence-electron chi connectivity index (χ4n) is 2.39. The van der Waals surface area contributed by atoms with Crippen LogP contribution in [0, 0.1) is 5.82 Å². The van der Waals surface area contributed by atoms with Crippen LogP contribution < -0.4 is 4.74 Å². The van der Waals surface area contributed by atoms with Crippen LogP contribution in [0.1, 0.15) is 30.9 Å². The third kappa shape index (κ3) is 4.12. The molecule has 0 saturated heterocycles. The minimum atomic E-state index is -0.525. The molecule has 0 amide bonds. The first-order chi connectivity index (χ1) is 12.2. The lowest BCUT2D eigenvalue weighted by Crippen LogP contribution is -2.06. The number of rotatable bonds is 6. The van der Waals surface area contributed by atoms with Gasteiger partial charge in [0.2, 0.25) is 0 Å². The smallest absolute Gasteiger partial charge is 0.368 e. The summed E-state index contributed by atoms with van der Waals surface area (Å²) < 4.78 is 18.7. The van der Waals surface area contributed by atoms with Crippen LogP contribution >= 0.6 is 0 Å². The molecule has 1 aliphatic heterocycles. The Bertz CT molecular complexity index is 808. The van der Waals surface area contributed by atoms with E-state index in [0.29, 0.717) is 23.5 Å². The highest BCUT2D eigenvalue weighted by Gasteiger charge is 2.26. The van der Waals surface area contributed by atoms with Crippen LogP contribution in [-0.4, -0.2) is 18.3 Å². The van der Waals surface area contributed by atoms with Gasteiger partial charge in [-0.2, -0.15) is 0 Å². The molecule has 4 nitrogen and oxygen atoms in total. The predicted molar refractivity (Wildman–Crippen MR) is 93.9 cm³/mol. The maximum Gasteiger partial charge on any atom is 0.368 e. The maximum atomic E-state index is 13.1. The van der Waals surface area contributed by atoms with Gasteiger partial charge in [-0.25, -0.2) is 9.18 Å². The molecule has 0 unspecified atom stereocenters. The summed E-state index contributed by atoms with van der Waals surface area (Å²) in [7, 11) is 0. The largest absolute Gasteiger partial charge is 0.494 e. The summed E-state index contributed by atoms with van der Waals surface area (Å²) in [6.07, 6.45) is 3.79. The zero-order chi connectivity index (χ0) is 17.6. The minimum Gasteiger partial charge on any atom is -0.494 e. The average molecular weight is 339 g/mol. The molecule has 5 heteroatoms. The Morgan fingerprint density at radius 2 is 1.84 bits per heavy atom. The van der Waals surface area contributed by atoms with Crippen molar-refractivity contribution in [3.63, 3.8) is 0 Å². The number of halogens is 1. The topological polar surface area (TPSA) is 47.9 Å². The number of carbonyl (C=O) groups is 1. The van der Waals surface area contributed by atoms with Crippen molar-refractivity contribution in [2.75, 3.05) is 6.61 Å². The maximum absolute atomic E-state index is 13.1. The van der Waals surface area contributed by atoms with E-state index in [9.17, 15) is 9.18 Å². The average Bonchev–Trinajstić information content (AvgIpc) is 2.98. The van der Waals surface area contributed by atoms with E-state index in [1.807, 2.05) is 24.3 Å². The summed E-state index contributed by atoms with van der Waals surface area (Å²) in [5, 5.41) is 3.81. The third-order valence-corrected chi connectivity index (χ3v) is 3.77. The van der Waals surface area contributed by atoms with E-state index < -0.39 is 5.97 Å². The van der Waals surface area contributed by atoms with Crippen LogP contribution in [-0.2, 0) is 9.63 Å². The number of nitrogens with zero attached hydrogens (tertiary/aromatic N) is 1. The van der Waals surface area contributed by atoms with Crippen LogP contribution in [0.15, 0.2) is 59.3 Å². The molecule has 2 aromatic rings. The fraction of sp³-hybridized carbons (Fsp3) is 0.200. The van der Waals surface area contributed by atoms with E-state index in [0.717, 1.165) is 24.2 Å². The SMILES string of the molecule is CCCCOc1ccc(C=C2C(=O)ON=C2c2ccc(F)cc2)cc1. The van der Waals surface area contributed by atoms with Gasteiger partial charge < -0.3 is 9.57 Å². The van der Waals surface area contributed by atoms with Gasteiger partial charge in [-0.05, 0) is 54.5 Å². The van der Waals surface area contributed by atoms with Gasteiger partial charge in [0.05, 0.1) is 12.2 Å². The third-order valence-electron chi connectivity index (χ3n) is 3.77. The van der Waals surface area contributed by atoms with Crippen LogP contribution in [0.2, 0.25) is 0 Å². The van der Waals surface area contributed by atoms with Crippen molar-refractivity contribution < 1.29 is 18.8 Å². The normalized spacial score (nSPS) is 15.2. The second-order valence-electron chi connectivity index (χ2n) is 5.65. The second kappa shape index (κ2) is 7.75. The molecule has 0 aliphatic carbocycles. The summed E-state index contributed by atoms with van der Waals surface area (Å²) in [6, 6.07) is 13.2. The Kier molecular flexibility index (Phi) is 5.23. The lowest BCUT2D eigenvalue weighted by atomic mass is 10.0. The number of oxime groups is 1. The lowest BCUT2D eigenvalue weighted by Gasteiger charge is -2.05. The van der Waals surface area contributed by atoms with E-state index in [-0.39, 0.29) is 5.82 Å². The van der Waals surface area contributed by atoms with Crippen molar-refractivity contribution in [1.82, 2.24) is 0 Å². The van der Waals surface area contributed by atoms with E-state index in [4.69, 9.17) is 9.57 Å². The number of ether oxygens (including phenoxy) is 1. The first-order valence-corrected chi connectivity index (χ1v) is 8.17. The monoisotopic (exact) mass is 339 g/mol. The Morgan fingerprint density at radius 3 is 2.52 bits per heavy atom. The van der Waals surface area contributed by atoms with Crippen LogP contribution in [0.25, 0.3) is 6.08 Å². The van der Waals surface area contributed by atoms with E-state index in [1.54, 1.807) is 18.2 Å². The van der Waals surface area contributed by atoms with Gasteiger partial charge >= 0.3 is 5.97 Å². The number of hydrogen-bond donors (Lipinski definition) is 0. The summed E-state index contributed by atoms with van der Waals surface area (Å²) in [5.74, 6) is -0.0848.